The van der Waals surface area contributed by atoms with Crippen LogP contribution in [0.5, 0.6) is 5.75 Å². The summed E-state index contributed by atoms with van der Waals surface area (Å²) in [6.45, 7) is 4.54. The van der Waals surface area contributed by atoms with E-state index in [1.165, 1.54) is 0 Å². The molecule has 0 atom stereocenters. The minimum absolute atomic E-state index is 0.0306. The van der Waals surface area contributed by atoms with Gasteiger partial charge in [-0.3, -0.25) is 4.79 Å². The summed E-state index contributed by atoms with van der Waals surface area (Å²) >= 11 is 0. The maximum atomic E-state index is 11.4. The van der Waals surface area contributed by atoms with Gasteiger partial charge in [0.15, 0.2) is 0 Å². The number of benzene rings is 1. The average molecular weight is 251 g/mol. The van der Waals surface area contributed by atoms with E-state index in [-0.39, 0.29) is 12.5 Å². The molecule has 0 bridgehead atoms. The summed E-state index contributed by atoms with van der Waals surface area (Å²) in [5.74, 6) is 0.833. The van der Waals surface area contributed by atoms with Gasteiger partial charge in [-0.1, -0.05) is 6.07 Å². The van der Waals surface area contributed by atoms with Crippen molar-refractivity contribution in [3.63, 3.8) is 0 Å². The molecule has 0 heterocycles. The third kappa shape index (κ3) is 4.04. The molecule has 100 valence electrons. The van der Waals surface area contributed by atoms with Crippen LogP contribution in [0.4, 0.5) is 0 Å². The van der Waals surface area contributed by atoms with Crippen LogP contribution < -0.4 is 10.1 Å². The number of hydrogen-bond acceptors (Lipinski definition) is 3. The maximum Gasteiger partial charge on any atom is 0.220 e. The van der Waals surface area contributed by atoms with Gasteiger partial charge < -0.3 is 15.2 Å². The number of rotatable bonds is 6. The van der Waals surface area contributed by atoms with Gasteiger partial charge in [0.25, 0.3) is 0 Å². The molecule has 4 heteroatoms. The minimum Gasteiger partial charge on any atom is -0.496 e. The molecule has 1 aromatic rings. The Morgan fingerprint density at radius 1 is 1.33 bits per heavy atom. The highest BCUT2D eigenvalue weighted by molar-refractivity contribution is 5.75. The fraction of sp³-hybridized carbons (Fsp3) is 0.500. The predicted octanol–water partition coefficient (Wildman–Crippen LogP) is 1.70. The van der Waals surface area contributed by atoms with Crippen molar-refractivity contribution in [2.24, 2.45) is 0 Å². The molecule has 0 saturated heterocycles. The average Bonchev–Trinajstić information content (AvgIpc) is 2.36. The van der Waals surface area contributed by atoms with Crippen LogP contribution in [-0.4, -0.2) is 24.7 Å². The second kappa shape index (κ2) is 7.01. The number of hydrogen-bond donors (Lipinski definition) is 2. The minimum atomic E-state index is -0.0306. The standard InChI is InChI=1S/C14H21NO3/c1-10-8-13(18-3)11(2)7-12(10)9-15-14(17)5-4-6-16/h7-8,16H,4-6,9H2,1-3H3,(H,15,17). The summed E-state index contributed by atoms with van der Waals surface area (Å²) in [5.41, 5.74) is 3.24. The first-order valence-electron chi connectivity index (χ1n) is 6.10. The molecule has 2 N–H and O–H groups in total. The molecule has 1 amide bonds. The first-order chi connectivity index (χ1) is 8.58. The summed E-state index contributed by atoms with van der Waals surface area (Å²) in [7, 11) is 1.65. The molecular weight excluding hydrogens is 230 g/mol. The number of aliphatic hydroxyl groups is 1. The molecule has 0 unspecified atom stereocenters. The van der Waals surface area contributed by atoms with E-state index >= 15 is 0 Å². The number of amides is 1. The Labute approximate surface area is 108 Å². The van der Waals surface area contributed by atoms with Crippen molar-refractivity contribution in [1.29, 1.82) is 0 Å². The van der Waals surface area contributed by atoms with Gasteiger partial charge in [0.1, 0.15) is 5.75 Å². The molecule has 1 rings (SSSR count). The Hall–Kier alpha value is -1.55. The van der Waals surface area contributed by atoms with E-state index < -0.39 is 0 Å². The normalized spacial score (nSPS) is 10.2. The van der Waals surface area contributed by atoms with Gasteiger partial charge in [0, 0.05) is 19.6 Å². The molecule has 0 fully saturated rings. The first kappa shape index (κ1) is 14.5. The van der Waals surface area contributed by atoms with Crippen molar-refractivity contribution >= 4 is 5.91 Å². The summed E-state index contributed by atoms with van der Waals surface area (Å²) in [6.07, 6.45) is 0.872. The molecular formula is C14H21NO3. The molecule has 4 nitrogen and oxygen atoms in total. The van der Waals surface area contributed by atoms with Crippen LogP contribution in [0.3, 0.4) is 0 Å². The number of carbonyl (C=O) groups excluding carboxylic acids is 1. The van der Waals surface area contributed by atoms with Crippen molar-refractivity contribution in [2.45, 2.75) is 33.2 Å². The predicted molar refractivity (Wildman–Crippen MR) is 70.6 cm³/mol. The van der Waals surface area contributed by atoms with Crippen molar-refractivity contribution in [3.05, 3.63) is 28.8 Å². The highest BCUT2D eigenvalue weighted by Gasteiger charge is 2.06. The third-order valence-corrected chi connectivity index (χ3v) is 2.89. The van der Waals surface area contributed by atoms with Crippen LogP contribution in [0.2, 0.25) is 0 Å². The van der Waals surface area contributed by atoms with Crippen LogP contribution in [0.1, 0.15) is 29.5 Å². The molecule has 0 aliphatic carbocycles. The molecule has 0 radical (unpaired) electrons. The van der Waals surface area contributed by atoms with Gasteiger partial charge in [0.05, 0.1) is 7.11 Å². The van der Waals surface area contributed by atoms with E-state index in [0.29, 0.717) is 19.4 Å². The SMILES string of the molecule is COc1cc(C)c(CNC(=O)CCCO)cc1C. The van der Waals surface area contributed by atoms with E-state index in [2.05, 4.69) is 5.32 Å². The zero-order chi connectivity index (χ0) is 13.5. The second-order valence-corrected chi connectivity index (χ2v) is 4.35. The Balaban J connectivity index is 2.62. The summed E-state index contributed by atoms with van der Waals surface area (Å²) in [4.78, 5) is 11.4. The Kier molecular flexibility index (Phi) is 5.65. The monoisotopic (exact) mass is 251 g/mol. The van der Waals surface area contributed by atoms with Crippen molar-refractivity contribution in [3.8, 4) is 5.75 Å². The van der Waals surface area contributed by atoms with Crippen LogP contribution >= 0.6 is 0 Å². The quantitative estimate of drug-likeness (QED) is 0.809. The smallest absolute Gasteiger partial charge is 0.220 e. The molecule has 18 heavy (non-hydrogen) atoms. The highest BCUT2D eigenvalue weighted by atomic mass is 16.5. The fourth-order valence-corrected chi connectivity index (χ4v) is 1.78. The van der Waals surface area contributed by atoms with Gasteiger partial charge in [0.2, 0.25) is 5.91 Å². The van der Waals surface area contributed by atoms with Gasteiger partial charge in [-0.05, 0) is 43.0 Å². The lowest BCUT2D eigenvalue weighted by Gasteiger charge is -2.12. The lowest BCUT2D eigenvalue weighted by atomic mass is 10.0. The van der Waals surface area contributed by atoms with Crippen LogP contribution in [0.15, 0.2) is 12.1 Å². The zero-order valence-electron chi connectivity index (χ0n) is 11.2. The Bertz CT molecular complexity index is 416. The first-order valence-corrected chi connectivity index (χ1v) is 6.10. The van der Waals surface area contributed by atoms with E-state index in [1.54, 1.807) is 7.11 Å². The second-order valence-electron chi connectivity index (χ2n) is 4.35. The maximum absolute atomic E-state index is 11.4. The lowest BCUT2D eigenvalue weighted by Crippen LogP contribution is -2.23. The zero-order valence-corrected chi connectivity index (χ0v) is 11.2. The number of aliphatic hydroxyl groups excluding tert-OH is 1. The van der Waals surface area contributed by atoms with E-state index in [4.69, 9.17) is 9.84 Å². The number of carbonyl (C=O) groups is 1. The van der Waals surface area contributed by atoms with Crippen LogP contribution in [0.25, 0.3) is 0 Å². The topological polar surface area (TPSA) is 58.6 Å². The summed E-state index contributed by atoms with van der Waals surface area (Å²) in [6, 6.07) is 4.00. The molecule has 0 aromatic heterocycles. The van der Waals surface area contributed by atoms with Gasteiger partial charge in [-0.25, -0.2) is 0 Å². The Morgan fingerprint density at radius 3 is 2.67 bits per heavy atom. The molecule has 0 aliphatic rings. The van der Waals surface area contributed by atoms with Crippen LogP contribution in [-0.2, 0) is 11.3 Å². The van der Waals surface area contributed by atoms with E-state index in [1.807, 2.05) is 26.0 Å². The van der Waals surface area contributed by atoms with Crippen molar-refractivity contribution in [1.82, 2.24) is 5.32 Å². The lowest BCUT2D eigenvalue weighted by molar-refractivity contribution is -0.121. The number of ether oxygens (including phenoxy) is 1. The van der Waals surface area contributed by atoms with Gasteiger partial charge >= 0.3 is 0 Å². The number of methoxy groups -OCH3 is 1. The molecule has 1 aromatic carbocycles. The third-order valence-electron chi connectivity index (χ3n) is 2.89. The van der Waals surface area contributed by atoms with Crippen LogP contribution in [0, 0.1) is 13.8 Å². The van der Waals surface area contributed by atoms with Gasteiger partial charge in [-0.2, -0.15) is 0 Å². The summed E-state index contributed by atoms with van der Waals surface area (Å²) in [5, 5.41) is 11.5. The fourth-order valence-electron chi connectivity index (χ4n) is 1.78. The van der Waals surface area contributed by atoms with Crippen molar-refractivity contribution < 1.29 is 14.6 Å². The Morgan fingerprint density at radius 2 is 2.06 bits per heavy atom. The number of aryl methyl sites for hydroxylation is 2. The summed E-state index contributed by atoms with van der Waals surface area (Å²) < 4.78 is 5.24. The van der Waals surface area contributed by atoms with Gasteiger partial charge in [-0.15, -0.1) is 0 Å². The molecule has 0 aliphatic heterocycles. The largest absolute Gasteiger partial charge is 0.496 e. The van der Waals surface area contributed by atoms with E-state index in [0.717, 1.165) is 22.4 Å². The van der Waals surface area contributed by atoms with E-state index in [9.17, 15) is 4.79 Å². The molecule has 0 saturated carbocycles. The molecule has 0 spiro atoms. The van der Waals surface area contributed by atoms with Crippen molar-refractivity contribution in [2.75, 3.05) is 13.7 Å². The number of nitrogens with one attached hydrogen (secondary N) is 1. The highest BCUT2D eigenvalue weighted by Crippen LogP contribution is 2.22.